The van der Waals surface area contributed by atoms with Crippen LogP contribution in [0.3, 0.4) is 0 Å². The molecular weight excluding hydrogens is 416 g/mol. The molecule has 3 aromatic rings. The van der Waals surface area contributed by atoms with E-state index in [1.165, 1.54) is 6.92 Å². The Kier molecular flexibility index (Phi) is 6.54. The third-order valence-electron chi connectivity index (χ3n) is 5.76. The summed E-state index contributed by atoms with van der Waals surface area (Å²) in [5.74, 6) is -0.661. The summed E-state index contributed by atoms with van der Waals surface area (Å²) in [6.45, 7) is 3.82. The Morgan fingerprint density at radius 2 is 1.64 bits per heavy atom. The zero-order valence-corrected chi connectivity index (χ0v) is 18.7. The minimum absolute atomic E-state index is 0.136. The second kappa shape index (κ2) is 9.69. The predicted molar refractivity (Wildman–Crippen MR) is 127 cm³/mol. The number of rotatable bonds is 4. The van der Waals surface area contributed by atoms with Crippen LogP contribution >= 0.6 is 0 Å². The largest absolute Gasteiger partial charge is 0.458 e. The second-order valence-electron chi connectivity index (χ2n) is 8.10. The molecule has 3 aromatic carbocycles. The maximum atomic E-state index is 13.4. The van der Waals surface area contributed by atoms with E-state index in [9.17, 15) is 14.4 Å². The van der Waals surface area contributed by atoms with Crippen molar-refractivity contribution in [3.05, 3.63) is 95.1 Å². The van der Waals surface area contributed by atoms with E-state index < -0.39 is 0 Å². The van der Waals surface area contributed by atoms with E-state index in [1.807, 2.05) is 49.4 Å². The summed E-state index contributed by atoms with van der Waals surface area (Å²) in [6, 6.07) is 21.8. The number of nitrogens with one attached hydrogen (secondary N) is 1. The van der Waals surface area contributed by atoms with Gasteiger partial charge in [0, 0.05) is 35.8 Å². The molecule has 1 N–H and O–H groups in total. The van der Waals surface area contributed by atoms with Crippen molar-refractivity contribution in [2.24, 2.45) is 0 Å². The van der Waals surface area contributed by atoms with Crippen molar-refractivity contribution in [3.63, 3.8) is 0 Å². The number of carbonyl (C=O) groups is 3. The molecule has 0 saturated heterocycles. The van der Waals surface area contributed by atoms with Crippen molar-refractivity contribution in [3.8, 4) is 0 Å². The molecule has 1 aliphatic rings. The van der Waals surface area contributed by atoms with Crippen molar-refractivity contribution in [2.75, 3.05) is 16.8 Å². The van der Waals surface area contributed by atoms with Crippen molar-refractivity contribution in [1.29, 1.82) is 0 Å². The van der Waals surface area contributed by atoms with Crippen LogP contribution < -0.4 is 10.2 Å². The van der Waals surface area contributed by atoms with Crippen LogP contribution in [-0.2, 0) is 9.53 Å². The lowest BCUT2D eigenvalue weighted by Gasteiger charge is -2.24. The Bertz CT molecular complexity index is 1190. The molecule has 1 unspecified atom stereocenters. The number of carbonyl (C=O) groups excluding carboxylic acids is 3. The average molecular weight is 443 g/mol. The number of esters is 1. The summed E-state index contributed by atoms with van der Waals surface area (Å²) in [5, 5.41) is 2.88. The molecule has 0 aliphatic carbocycles. The fraction of sp³-hybridized carbons (Fsp3) is 0.222. The topological polar surface area (TPSA) is 75.7 Å². The van der Waals surface area contributed by atoms with Gasteiger partial charge < -0.3 is 15.0 Å². The van der Waals surface area contributed by atoms with Gasteiger partial charge in [-0.05, 0) is 61.7 Å². The molecule has 2 amide bonds. The lowest BCUT2D eigenvalue weighted by molar-refractivity contribution is -0.147. The van der Waals surface area contributed by atoms with E-state index in [-0.39, 0.29) is 23.9 Å². The number of hydrogen-bond donors (Lipinski definition) is 1. The van der Waals surface area contributed by atoms with E-state index in [0.717, 1.165) is 16.8 Å². The third kappa shape index (κ3) is 4.95. The van der Waals surface area contributed by atoms with Crippen molar-refractivity contribution in [2.45, 2.75) is 32.8 Å². The average Bonchev–Trinajstić information content (AvgIpc) is 2.99. The van der Waals surface area contributed by atoms with Gasteiger partial charge in [-0.15, -0.1) is 0 Å². The summed E-state index contributed by atoms with van der Waals surface area (Å²) in [5.41, 5.74) is 4.23. The van der Waals surface area contributed by atoms with E-state index in [0.29, 0.717) is 36.2 Å². The predicted octanol–water partition coefficient (Wildman–Crippen LogP) is 5.29. The highest BCUT2D eigenvalue weighted by molar-refractivity contribution is 6.08. The number of amides is 2. The Hall–Kier alpha value is -3.93. The normalized spacial score (nSPS) is 15.2. The zero-order valence-electron chi connectivity index (χ0n) is 18.7. The second-order valence-corrected chi connectivity index (χ2v) is 8.10. The van der Waals surface area contributed by atoms with Gasteiger partial charge in [-0.25, -0.2) is 0 Å². The molecule has 33 heavy (non-hydrogen) atoms. The Morgan fingerprint density at radius 3 is 2.36 bits per heavy atom. The molecule has 0 fully saturated rings. The highest BCUT2D eigenvalue weighted by Gasteiger charge is 2.28. The standard InChI is InChI=1S/C27H26N2O4/c1-18-8-3-4-9-22(18)26(31)28-21-15-13-20(14-16-21)27(32)29-17-7-12-25(33-19(2)30)23-10-5-6-11-24(23)29/h3-6,8-11,13-16,25H,7,12,17H2,1-2H3,(H,28,31). The highest BCUT2D eigenvalue weighted by Crippen LogP contribution is 2.36. The van der Waals surface area contributed by atoms with Crippen molar-refractivity contribution < 1.29 is 19.1 Å². The van der Waals surface area contributed by atoms with Gasteiger partial charge >= 0.3 is 5.97 Å². The van der Waals surface area contributed by atoms with E-state index in [2.05, 4.69) is 5.32 Å². The first-order chi connectivity index (χ1) is 15.9. The molecule has 6 heteroatoms. The van der Waals surface area contributed by atoms with Gasteiger partial charge in [0.15, 0.2) is 0 Å². The number of fused-ring (bicyclic) bond motifs is 1. The van der Waals surface area contributed by atoms with Gasteiger partial charge in [-0.3, -0.25) is 14.4 Å². The van der Waals surface area contributed by atoms with Gasteiger partial charge in [0.1, 0.15) is 6.10 Å². The minimum atomic E-state index is -0.365. The van der Waals surface area contributed by atoms with Crippen LogP contribution in [0.4, 0.5) is 11.4 Å². The molecule has 1 heterocycles. The quantitative estimate of drug-likeness (QED) is 0.557. The molecule has 0 spiro atoms. The maximum Gasteiger partial charge on any atom is 0.303 e. The smallest absolute Gasteiger partial charge is 0.303 e. The molecule has 0 saturated carbocycles. The summed E-state index contributed by atoms with van der Waals surface area (Å²) < 4.78 is 5.51. The van der Waals surface area contributed by atoms with Crippen molar-refractivity contribution >= 4 is 29.2 Å². The van der Waals surface area contributed by atoms with Crippen LogP contribution in [0.5, 0.6) is 0 Å². The molecule has 0 radical (unpaired) electrons. The molecular formula is C27H26N2O4. The van der Waals surface area contributed by atoms with Crippen molar-refractivity contribution in [1.82, 2.24) is 0 Å². The molecule has 0 bridgehead atoms. The molecule has 4 rings (SSSR count). The molecule has 0 aromatic heterocycles. The lowest BCUT2D eigenvalue weighted by Crippen LogP contribution is -2.31. The van der Waals surface area contributed by atoms with E-state index in [4.69, 9.17) is 4.74 Å². The van der Waals surface area contributed by atoms with Crippen LogP contribution in [0.25, 0.3) is 0 Å². The molecule has 6 nitrogen and oxygen atoms in total. The fourth-order valence-electron chi connectivity index (χ4n) is 4.13. The summed E-state index contributed by atoms with van der Waals surface area (Å²) >= 11 is 0. The third-order valence-corrected chi connectivity index (χ3v) is 5.76. The monoisotopic (exact) mass is 442 g/mol. The van der Waals surface area contributed by atoms with Crippen LogP contribution in [0.1, 0.15) is 57.7 Å². The SMILES string of the molecule is CC(=O)OC1CCCN(C(=O)c2ccc(NC(=O)c3ccccc3C)cc2)c2ccccc21. The first kappa shape index (κ1) is 22.3. The van der Waals surface area contributed by atoms with E-state index in [1.54, 1.807) is 35.2 Å². The molecule has 1 atom stereocenters. The molecule has 1 aliphatic heterocycles. The summed E-state index contributed by atoms with van der Waals surface area (Å²) in [6.07, 6.45) is 1.00. The zero-order chi connectivity index (χ0) is 23.4. The number of ether oxygens (including phenoxy) is 1. The maximum absolute atomic E-state index is 13.4. The Balaban J connectivity index is 1.53. The van der Waals surface area contributed by atoms with Crippen LogP contribution in [0.2, 0.25) is 0 Å². The number of hydrogen-bond acceptors (Lipinski definition) is 4. The highest BCUT2D eigenvalue weighted by atomic mass is 16.5. The first-order valence-corrected chi connectivity index (χ1v) is 11.0. The fourth-order valence-corrected chi connectivity index (χ4v) is 4.13. The first-order valence-electron chi connectivity index (χ1n) is 11.0. The van der Waals surface area contributed by atoms with Gasteiger partial charge in [0.05, 0.1) is 5.69 Å². The van der Waals surface area contributed by atoms with Gasteiger partial charge in [-0.1, -0.05) is 36.4 Å². The Labute approximate surface area is 193 Å². The minimum Gasteiger partial charge on any atom is -0.458 e. The number of anilines is 2. The lowest BCUT2D eigenvalue weighted by atomic mass is 10.0. The van der Waals surface area contributed by atoms with Gasteiger partial charge in [0.25, 0.3) is 11.8 Å². The molecule has 168 valence electrons. The number of benzene rings is 3. The van der Waals surface area contributed by atoms with Gasteiger partial charge in [0.2, 0.25) is 0 Å². The Morgan fingerprint density at radius 1 is 0.939 bits per heavy atom. The summed E-state index contributed by atoms with van der Waals surface area (Å²) in [4.78, 5) is 39.2. The number of nitrogens with zero attached hydrogens (tertiary/aromatic N) is 1. The number of aryl methyl sites for hydroxylation is 1. The van der Waals surface area contributed by atoms with Crippen LogP contribution in [0.15, 0.2) is 72.8 Å². The summed E-state index contributed by atoms with van der Waals surface area (Å²) in [7, 11) is 0. The van der Waals surface area contributed by atoms with Gasteiger partial charge in [-0.2, -0.15) is 0 Å². The van der Waals surface area contributed by atoms with Crippen LogP contribution in [0, 0.1) is 6.92 Å². The van der Waals surface area contributed by atoms with E-state index >= 15 is 0 Å². The number of para-hydroxylation sites is 1. The van der Waals surface area contributed by atoms with Crippen LogP contribution in [-0.4, -0.2) is 24.3 Å².